The predicted molar refractivity (Wildman–Crippen MR) is 72.6 cm³/mol. The molecule has 2 aromatic heterocycles. The molecule has 1 atom stereocenters. The van der Waals surface area contributed by atoms with Gasteiger partial charge in [0.25, 0.3) is 0 Å². The molecule has 0 bridgehead atoms. The number of H-pyrrole nitrogens is 1. The number of rotatable bonds is 4. The molecular weight excluding hydrogens is 240 g/mol. The van der Waals surface area contributed by atoms with Crippen molar-refractivity contribution in [2.24, 2.45) is 5.73 Å². The van der Waals surface area contributed by atoms with E-state index in [1.807, 2.05) is 31.3 Å². The van der Waals surface area contributed by atoms with Gasteiger partial charge in [-0.1, -0.05) is 30.3 Å². The molecule has 0 saturated carbocycles. The van der Waals surface area contributed by atoms with E-state index in [9.17, 15) is 0 Å². The summed E-state index contributed by atoms with van der Waals surface area (Å²) in [5, 5.41) is 5.06. The van der Waals surface area contributed by atoms with Crippen LogP contribution in [-0.4, -0.2) is 15.1 Å². The summed E-state index contributed by atoms with van der Waals surface area (Å²) in [5.74, 6) is 1.20. The first-order valence-corrected chi connectivity index (χ1v) is 6.41. The second-order valence-electron chi connectivity index (χ2n) is 4.57. The molecule has 3 rings (SSSR count). The molecule has 0 fully saturated rings. The van der Waals surface area contributed by atoms with Gasteiger partial charge in [-0.25, -0.2) is 0 Å². The fraction of sp³-hybridized carbons (Fsp3) is 0.286. The number of hydrogen-bond donors (Lipinski definition) is 2. The molecular formula is C14H16N4O. The lowest BCUT2D eigenvalue weighted by atomic mass is 10.1. The highest BCUT2D eigenvalue weighted by atomic mass is 16.5. The summed E-state index contributed by atoms with van der Waals surface area (Å²) in [7, 11) is 0. The molecule has 0 radical (unpaired) electrons. The van der Waals surface area contributed by atoms with Crippen LogP contribution in [0.4, 0.5) is 0 Å². The standard InChI is InChI=1S/C14H16N4O/c1-2-13-17-14(19-18-13)11(15)7-9-8-16-12-6-4-3-5-10(9)12/h3-6,8,11,16H,2,7,15H2,1H3/t11-/m0/s1. The van der Waals surface area contributed by atoms with E-state index in [0.717, 1.165) is 11.9 Å². The third kappa shape index (κ3) is 2.24. The number of aryl methyl sites for hydroxylation is 1. The van der Waals surface area contributed by atoms with Crippen molar-refractivity contribution in [1.82, 2.24) is 15.1 Å². The Balaban J connectivity index is 1.84. The third-order valence-electron chi connectivity index (χ3n) is 3.23. The molecule has 0 spiro atoms. The largest absolute Gasteiger partial charge is 0.361 e. The van der Waals surface area contributed by atoms with Crippen molar-refractivity contribution in [1.29, 1.82) is 0 Å². The first-order chi connectivity index (χ1) is 9.28. The normalized spacial score (nSPS) is 12.9. The smallest absolute Gasteiger partial charge is 0.243 e. The van der Waals surface area contributed by atoms with Gasteiger partial charge in [-0.05, 0) is 18.1 Å². The maximum Gasteiger partial charge on any atom is 0.243 e. The summed E-state index contributed by atoms with van der Waals surface area (Å²) in [6.45, 7) is 1.99. The Morgan fingerprint density at radius 3 is 3.00 bits per heavy atom. The lowest BCUT2D eigenvalue weighted by molar-refractivity contribution is 0.350. The average molecular weight is 256 g/mol. The first-order valence-electron chi connectivity index (χ1n) is 6.41. The highest BCUT2D eigenvalue weighted by Gasteiger charge is 2.16. The Bertz CT molecular complexity index is 685. The number of aromatic amines is 1. The fourth-order valence-electron chi connectivity index (χ4n) is 2.19. The number of hydrogen-bond acceptors (Lipinski definition) is 4. The van der Waals surface area contributed by atoms with Gasteiger partial charge >= 0.3 is 0 Å². The monoisotopic (exact) mass is 256 g/mol. The van der Waals surface area contributed by atoms with E-state index in [1.54, 1.807) is 0 Å². The summed E-state index contributed by atoms with van der Waals surface area (Å²) in [6.07, 6.45) is 3.42. The maximum atomic E-state index is 6.14. The van der Waals surface area contributed by atoms with E-state index in [1.165, 1.54) is 10.9 Å². The molecule has 19 heavy (non-hydrogen) atoms. The molecule has 2 heterocycles. The topological polar surface area (TPSA) is 80.7 Å². The Morgan fingerprint density at radius 1 is 1.37 bits per heavy atom. The van der Waals surface area contributed by atoms with Crippen LogP contribution >= 0.6 is 0 Å². The molecule has 3 N–H and O–H groups in total. The average Bonchev–Trinajstić information content (AvgIpc) is 3.06. The van der Waals surface area contributed by atoms with Crippen LogP contribution in [0.25, 0.3) is 10.9 Å². The molecule has 0 saturated heterocycles. The van der Waals surface area contributed by atoms with Gasteiger partial charge in [-0.15, -0.1) is 0 Å². The summed E-state index contributed by atoms with van der Waals surface area (Å²) in [5.41, 5.74) is 8.42. The van der Waals surface area contributed by atoms with Crippen LogP contribution in [0.3, 0.4) is 0 Å². The van der Waals surface area contributed by atoms with Crippen molar-refractivity contribution < 1.29 is 4.52 Å². The van der Waals surface area contributed by atoms with Crippen LogP contribution in [-0.2, 0) is 12.8 Å². The van der Waals surface area contributed by atoms with Crippen molar-refractivity contribution >= 4 is 10.9 Å². The van der Waals surface area contributed by atoms with Crippen LogP contribution in [0.2, 0.25) is 0 Å². The molecule has 0 aliphatic carbocycles. The van der Waals surface area contributed by atoms with E-state index in [4.69, 9.17) is 10.3 Å². The van der Waals surface area contributed by atoms with Gasteiger partial charge in [0.05, 0.1) is 6.04 Å². The minimum atomic E-state index is -0.271. The molecule has 0 aliphatic heterocycles. The number of nitrogens with one attached hydrogen (secondary N) is 1. The maximum absolute atomic E-state index is 6.14. The van der Waals surface area contributed by atoms with Gasteiger partial charge in [0.2, 0.25) is 5.89 Å². The SMILES string of the molecule is CCc1noc([C@@H](N)Cc2c[nH]c3ccccc23)n1. The van der Waals surface area contributed by atoms with E-state index >= 15 is 0 Å². The van der Waals surface area contributed by atoms with Crippen molar-refractivity contribution in [3.05, 3.63) is 47.7 Å². The van der Waals surface area contributed by atoms with Crippen molar-refractivity contribution in [3.63, 3.8) is 0 Å². The molecule has 5 heteroatoms. The molecule has 5 nitrogen and oxygen atoms in total. The third-order valence-corrected chi connectivity index (χ3v) is 3.23. The summed E-state index contributed by atoms with van der Waals surface area (Å²) in [6, 6.07) is 7.89. The number of para-hydroxylation sites is 1. The number of nitrogens with two attached hydrogens (primary N) is 1. The molecule has 1 aromatic carbocycles. The minimum Gasteiger partial charge on any atom is -0.361 e. The zero-order valence-corrected chi connectivity index (χ0v) is 10.8. The Kier molecular flexibility index (Phi) is 3.05. The number of fused-ring (bicyclic) bond motifs is 1. The second-order valence-corrected chi connectivity index (χ2v) is 4.57. The van der Waals surface area contributed by atoms with Crippen LogP contribution in [0.15, 0.2) is 35.0 Å². The van der Waals surface area contributed by atoms with Gasteiger partial charge in [-0.2, -0.15) is 4.98 Å². The Hall–Kier alpha value is -2.14. The lowest BCUT2D eigenvalue weighted by Crippen LogP contribution is -2.13. The van der Waals surface area contributed by atoms with E-state index in [-0.39, 0.29) is 6.04 Å². The highest BCUT2D eigenvalue weighted by molar-refractivity contribution is 5.83. The predicted octanol–water partition coefficient (Wildman–Crippen LogP) is 2.36. The molecule has 98 valence electrons. The van der Waals surface area contributed by atoms with E-state index in [0.29, 0.717) is 18.1 Å². The van der Waals surface area contributed by atoms with Crippen LogP contribution < -0.4 is 5.73 Å². The zero-order chi connectivity index (χ0) is 13.2. The van der Waals surface area contributed by atoms with Crippen LogP contribution in [0.5, 0.6) is 0 Å². The van der Waals surface area contributed by atoms with Gasteiger partial charge < -0.3 is 15.2 Å². The lowest BCUT2D eigenvalue weighted by Gasteiger charge is -2.05. The summed E-state index contributed by atoms with van der Waals surface area (Å²) in [4.78, 5) is 7.52. The van der Waals surface area contributed by atoms with Gasteiger partial charge in [0.15, 0.2) is 5.82 Å². The Labute approximate surface area is 110 Å². The number of benzene rings is 1. The minimum absolute atomic E-state index is 0.271. The quantitative estimate of drug-likeness (QED) is 0.750. The second kappa shape index (κ2) is 4.85. The van der Waals surface area contributed by atoms with Crippen LogP contribution in [0, 0.1) is 0 Å². The van der Waals surface area contributed by atoms with Gasteiger partial charge in [0.1, 0.15) is 0 Å². The van der Waals surface area contributed by atoms with E-state index in [2.05, 4.69) is 21.2 Å². The van der Waals surface area contributed by atoms with E-state index < -0.39 is 0 Å². The Morgan fingerprint density at radius 2 is 2.21 bits per heavy atom. The van der Waals surface area contributed by atoms with Crippen molar-refractivity contribution in [2.45, 2.75) is 25.8 Å². The number of nitrogens with zero attached hydrogens (tertiary/aromatic N) is 2. The molecule has 3 aromatic rings. The molecule has 0 amide bonds. The summed E-state index contributed by atoms with van der Waals surface area (Å²) >= 11 is 0. The molecule has 0 aliphatic rings. The van der Waals surface area contributed by atoms with Gasteiger partial charge in [-0.3, -0.25) is 0 Å². The highest BCUT2D eigenvalue weighted by Crippen LogP contribution is 2.22. The number of aromatic nitrogens is 3. The van der Waals surface area contributed by atoms with Crippen molar-refractivity contribution in [2.75, 3.05) is 0 Å². The molecule has 0 unspecified atom stereocenters. The van der Waals surface area contributed by atoms with Crippen molar-refractivity contribution in [3.8, 4) is 0 Å². The zero-order valence-electron chi connectivity index (χ0n) is 10.8. The summed E-state index contributed by atoms with van der Waals surface area (Å²) < 4.78 is 5.18. The van der Waals surface area contributed by atoms with Gasteiger partial charge in [0, 0.05) is 23.5 Å². The van der Waals surface area contributed by atoms with Crippen LogP contribution in [0.1, 0.15) is 30.2 Å². The first kappa shape index (κ1) is 11.9. The fourth-order valence-corrected chi connectivity index (χ4v) is 2.19.